The number of benzene rings is 2. The summed E-state index contributed by atoms with van der Waals surface area (Å²) in [7, 11) is 0. The van der Waals surface area contributed by atoms with Gasteiger partial charge in [-0.05, 0) is 48.1 Å². The Morgan fingerprint density at radius 3 is 2.49 bits per heavy atom. The smallest absolute Gasteiger partial charge is 0.435 e. The van der Waals surface area contributed by atoms with E-state index in [-0.39, 0.29) is 42.8 Å². The lowest BCUT2D eigenvalue weighted by Gasteiger charge is -2.17. The maximum atomic E-state index is 12.7. The average Bonchev–Trinajstić information content (AvgIpc) is 3.47. The summed E-state index contributed by atoms with van der Waals surface area (Å²) in [5.74, 6) is -0.226. The molecule has 0 aliphatic carbocycles. The second kappa shape index (κ2) is 13.3. The van der Waals surface area contributed by atoms with Crippen LogP contribution in [0.3, 0.4) is 0 Å². The fourth-order valence-electron chi connectivity index (χ4n) is 4.25. The van der Waals surface area contributed by atoms with Gasteiger partial charge >= 0.3 is 6.09 Å². The van der Waals surface area contributed by atoms with Crippen LogP contribution in [0.4, 0.5) is 4.79 Å². The zero-order valence-electron chi connectivity index (χ0n) is 21.7. The number of pyridine rings is 1. The predicted octanol–water partition coefficient (Wildman–Crippen LogP) is 2.39. The number of nitrogens with one attached hydrogen (secondary N) is 3. The average molecular weight is 529 g/mol. The van der Waals surface area contributed by atoms with Crippen molar-refractivity contribution in [2.45, 2.75) is 44.5 Å². The molecule has 0 saturated carbocycles. The van der Waals surface area contributed by atoms with Gasteiger partial charge in [-0.25, -0.2) is 4.79 Å². The monoisotopic (exact) mass is 528 g/mol. The number of carbonyl (C=O) groups excluding carboxylic acids is 3. The number of rotatable bonds is 9. The minimum Gasteiger partial charge on any atom is -0.443 e. The molecule has 0 spiro atoms. The van der Waals surface area contributed by atoms with Crippen molar-refractivity contribution < 1.29 is 19.1 Å². The summed E-state index contributed by atoms with van der Waals surface area (Å²) >= 11 is 0. The Hall–Kier alpha value is -4.57. The maximum Gasteiger partial charge on any atom is 0.435 e. The summed E-state index contributed by atoms with van der Waals surface area (Å²) in [5, 5.41) is 8.85. The molecular weight excluding hydrogens is 496 g/mol. The molecule has 1 saturated heterocycles. The van der Waals surface area contributed by atoms with Gasteiger partial charge in [-0.1, -0.05) is 54.6 Å². The minimum atomic E-state index is -0.774. The summed E-state index contributed by atoms with van der Waals surface area (Å²) in [5.41, 5.74) is 9.31. The first kappa shape index (κ1) is 27.5. The number of aliphatic imine (C=N–C) groups is 1. The van der Waals surface area contributed by atoms with Crippen LogP contribution in [0.25, 0.3) is 0 Å². The molecule has 1 aliphatic rings. The molecule has 3 atom stereocenters. The maximum absolute atomic E-state index is 12.7. The van der Waals surface area contributed by atoms with Gasteiger partial charge in [0.1, 0.15) is 18.5 Å². The first-order chi connectivity index (χ1) is 18.9. The molecule has 0 radical (unpaired) electrons. The van der Waals surface area contributed by atoms with Gasteiger partial charge in [0.25, 0.3) is 0 Å². The van der Waals surface area contributed by atoms with E-state index in [4.69, 9.17) is 10.5 Å². The Bertz CT molecular complexity index is 1300. The molecule has 3 amide bonds. The van der Waals surface area contributed by atoms with Crippen LogP contribution < -0.4 is 21.7 Å². The lowest BCUT2D eigenvalue weighted by molar-refractivity contribution is -0.129. The van der Waals surface area contributed by atoms with Crippen molar-refractivity contribution in [2.24, 2.45) is 10.7 Å². The summed E-state index contributed by atoms with van der Waals surface area (Å²) in [6.07, 6.45) is 3.38. The van der Waals surface area contributed by atoms with E-state index in [9.17, 15) is 14.4 Å². The van der Waals surface area contributed by atoms with Crippen molar-refractivity contribution >= 4 is 23.7 Å². The van der Waals surface area contributed by atoms with Crippen LogP contribution >= 0.6 is 0 Å². The highest BCUT2D eigenvalue weighted by molar-refractivity contribution is 6.02. The first-order valence-corrected chi connectivity index (χ1v) is 12.7. The first-order valence-electron chi connectivity index (χ1n) is 12.7. The predicted molar refractivity (Wildman–Crippen MR) is 147 cm³/mol. The molecule has 4 rings (SSSR count). The van der Waals surface area contributed by atoms with E-state index >= 15 is 0 Å². The summed E-state index contributed by atoms with van der Waals surface area (Å²) < 4.78 is 5.13. The number of hydrogen-bond acceptors (Lipinski definition) is 6. The quantitative estimate of drug-likeness (QED) is 0.246. The van der Waals surface area contributed by atoms with Gasteiger partial charge in [0.05, 0.1) is 6.04 Å². The number of nitrogens with two attached hydrogens (primary N) is 1. The van der Waals surface area contributed by atoms with E-state index in [0.29, 0.717) is 18.5 Å². The molecule has 10 heteroatoms. The second-order valence-electron chi connectivity index (χ2n) is 9.36. The van der Waals surface area contributed by atoms with E-state index in [1.807, 2.05) is 42.5 Å². The Balaban J connectivity index is 1.20. The molecule has 1 aliphatic heterocycles. The largest absolute Gasteiger partial charge is 0.443 e. The Kier molecular flexibility index (Phi) is 9.36. The van der Waals surface area contributed by atoms with Crippen LogP contribution in [-0.2, 0) is 27.5 Å². The Morgan fingerprint density at radius 2 is 1.77 bits per heavy atom. The lowest BCUT2D eigenvalue weighted by Crippen LogP contribution is -2.49. The van der Waals surface area contributed by atoms with E-state index in [0.717, 1.165) is 16.7 Å². The number of aromatic nitrogens is 1. The molecular formula is C29H32N6O4. The Morgan fingerprint density at radius 1 is 1.05 bits per heavy atom. The lowest BCUT2D eigenvalue weighted by atomic mass is 9.97. The summed E-state index contributed by atoms with van der Waals surface area (Å²) in [6.45, 7) is 2.72. The normalized spacial score (nSPS) is 17.7. The third kappa shape index (κ3) is 7.96. The van der Waals surface area contributed by atoms with E-state index in [2.05, 4.69) is 25.9 Å². The number of hydrogen-bond donors (Lipinski definition) is 4. The summed E-state index contributed by atoms with van der Waals surface area (Å²) in [4.78, 5) is 45.0. The van der Waals surface area contributed by atoms with Crippen LogP contribution in [0.2, 0.25) is 0 Å². The van der Waals surface area contributed by atoms with Gasteiger partial charge < -0.3 is 26.4 Å². The van der Waals surface area contributed by atoms with Crippen LogP contribution in [0, 0.1) is 0 Å². The van der Waals surface area contributed by atoms with E-state index in [1.165, 1.54) is 0 Å². The van der Waals surface area contributed by atoms with Gasteiger partial charge in [0.15, 0.2) is 0 Å². The molecule has 1 aromatic heterocycles. The number of amidine groups is 1. The SMILES string of the molecule is C[C@H](NC(=O)[C@H]1C[C@@H](c2ccncc2)CN1)C(=O)NCc1ccc(C(N)=NC(=O)OCc2ccccc2)cc1. The molecule has 2 aromatic carbocycles. The minimum absolute atomic E-state index is 0.0340. The highest BCUT2D eigenvalue weighted by Crippen LogP contribution is 2.25. The molecule has 10 nitrogen and oxygen atoms in total. The fraction of sp³-hybridized carbons (Fsp3) is 0.276. The van der Waals surface area contributed by atoms with Crippen molar-refractivity contribution in [1.82, 2.24) is 20.9 Å². The molecule has 1 fully saturated rings. The zero-order chi connectivity index (χ0) is 27.6. The third-order valence-corrected chi connectivity index (χ3v) is 6.51. The highest BCUT2D eigenvalue weighted by atomic mass is 16.5. The van der Waals surface area contributed by atoms with Crippen molar-refractivity contribution in [2.75, 3.05) is 6.54 Å². The second-order valence-corrected chi connectivity index (χ2v) is 9.36. The van der Waals surface area contributed by atoms with E-state index < -0.39 is 12.1 Å². The van der Waals surface area contributed by atoms with Crippen molar-refractivity contribution in [3.05, 3.63) is 101 Å². The Labute approximate surface area is 227 Å². The fourth-order valence-corrected chi connectivity index (χ4v) is 4.25. The third-order valence-electron chi connectivity index (χ3n) is 6.51. The molecule has 2 heterocycles. The summed E-state index contributed by atoms with van der Waals surface area (Å²) in [6, 6.07) is 19.1. The van der Waals surface area contributed by atoms with Gasteiger partial charge in [-0.3, -0.25) is 14.6 Å². The van der Waals surface area contributed by atoms with Gasteiger partial charge in [0, 0.05) is 31.0 Å². The van der Waals surface area contributed by atoms with Crippen molar-refractivity contribution in [3.63, 3.8) is 0 Å². The molecule has 0 bridgehead atoms. The molecule has 0 unspecified atom stereocenters. The number of nitrogens with zero attached hydrogens (tertiary/aromatic N) is 2. The van der Waals surface area contributed by atoms with Crippen molar-refractivity contribution in [1.29, 1.82) is 0 Å². The van der Waals surface area contributed by atoms with Gasteiger partial charge in [-0.15, -0.1) is 0 Å². The number of amides is 3. The standard InChI is InChI=1S/C29H32N6O4/c1-19(34-28(37)25-15-24(17-32-25)22-11-13-31-14-12-22)27(36)33-16-20-7-9-23(10-8-20)26(30)35-29(38)39-18-21-5-3-2-4-6-21/h2-14,19,24-25,32H,15-18H2,1H3,(H,33,36)(H,34,37)(H2,30,35,38)/t19-,24+,25+/m0/s1. The molecule has 202 valence electrons. The van der Waals surface area contributed by atoms with Gasteiger partial charge in [0.2, 0.25) is 11.8 Å². The van der Waals surface area contributed by atoms with Crippen molar-refractivity contribution in [3.8, 4) is 0 Å². The molecule has 3 aromatic rings. The van der Waals surface area contributed by atoms with E-state index in [1.54, 1.807) is 43.6 Å². The topological polar surface area (TPSA) is 148 Å². The van der Waals surface area contributed by atoms with Crippen LogP contribution in [-0.4, -0.2) is 47.4 Å². The van der Waals surface area contributed by atoms with Gasteiger partial charge in [-0.2, -0.15) is 4.99 Å². The molecule has 39 heavy (non-hydrogen) atoms. The number of carbonyl (C=O) groups is 3. The highest BCUT2D eigenvalue weighted by Gasteiger charge is 2.31. The van der Waals surface area contributed by atoms with Crippen LogP contribution in [0.15, 0.2) is 84.1 Å². The van der Waals surface area contributed by atoms with Crippen LogP contribution in [0.5, 0.6) is 0 Å². The zero-order valence-corrected chi connectivity index (χ0v) is 21.7. The van der Waals surface area contributed by atoms with Crippen LogP contribution in [0.1, 0.15) is 41.5 Å². The molecule has 5 N–H and O–H groups in total. The number of ether oxygens (including phenoxy) is 1.